The van der Waals surface area contributed by atoms with Gasteiger partial charge in [0, 0.05) is 50.7 Å². The van der Waals surface area contributed by atoms with Crippen LogP contribution in [-0.4, -0.2) is 67.3 Å². The van der Waals surface area contributed by atoms with E-state index in [0.29, 0.717) is 0 Å². The van der Waals surface area contributed by atoms with Crippen LogP contribution in [-0.2, 0) is 12.0 Å². The number of nitrogens with one attached hydrogen (secondary N) is 1. The Morgan fingerprint density at radius 2 is 1.90 bits per heavy atom. The molecule has 1 saturated heterocycles. The maximum Gasteiger partial charge on any atom is 0.194 e. The summed E-state index contributed by atoms with van der Waals surface area (Å²) in [5.41, 5.74) is 2.19. The third kappa shape index (κ3) is 5.73. The summed E-state index contributed by atoms with van der Waals surface area (Å²) in [5, 5.41) is 7.48. The second kappa shape index (κ2) is 9.78. The molecule has 0 saturated carbocycles. The molecule has 1 fully saturated rings. The predicted molar refractivity (Wildman–Crippen MR) is 115 cm³/mol. The Labute approximate surface area is 173 Å². The molecule has 0 unspecified atom stereocenters. The van der Waals surface area contributed by atoms with Gasteiger partial charge in [-0.3, -0.25) is 9.89 Å². The van der Waals surface area contributed by atoms with Crippen molar-refractivity contribution >= 4 is 5.96 Å². The van der Waals surface area contributed by atoms with Crippen molar-refractivity contribution < 1.29 is 9.26 Å². The average Bonchev–Trinajstić information content (AvgIpc) is 3.25. The SMILES string of the molecule is CCNC(=NCC(C)(C)c1ccc(OC)cc1)N1CCN(Cc2ccon2)CC1. The Morgan fingerprint density at radius 3 is 2.48 bits per heavy atom. The van der Waals surface area contributed by atoms with Crippen molar-refractivity contribution in [2.45, 2.75) is 32.7 Å². The summed E-state index contributed by atoms with van der Waals surface area (Å²) in [6, 6.07) is 10.2. The molecule has 2 aromatic rings. The van der Waals surface area contributed by atoms with Gasteiger partial charge in [0.2, 0.25) is 0 Å². The molecule has 158 valence electrons. The van der Waals surface area contributed by atoms with Gasteiger partial charge >= 0.3 is 0 Å². The van der Waals surface area contributed by atoms with Crippen LogP contribution in [0, 0.1) is 0 Å². The second-order valence-corrected chi connectivity index (χ2v) is 8.04. The van der Waals surface area contributed by atoms with Crippen molar-refractivity contribution in [3.63, 3.8) is 0 Å². The van der Waals surface area contributed by atoms with Crippen LogP contribution in [0.2, 0.25) is 0 Å². The number of hydrogen-bond acceptors (Lipinski definition) is 5. The summed E-state index contributed by atoms with van der Waals surface area (Å²) in [7, 11) is 1.69. The number of nitrogens with zero attached hydrogens (tertiary/aromatic N) is 4. The first-order chi connectivity index (χ1) is 14.0. The molecule has 0 bridgehead atoms. The highest BCUT2D eigenvalue weighted by atomic mass is 16.5. The van der Waals surface area contributed by atoms with Gasteiger partial charge in [0.15, 0.2) is 5.96 Å². The smallest absolute Gasteiger partial charge is 0.194 e. The maximum absolute atomic E-state index is 5.28. The molecule has 7 heteroatoms. The van der Waals surface area contributed by atoms with Crippen molar-refractivity contribution in [1.29, 1.82) is 0 Å². The van der Waals surface area contributed by atoms with Crippen molar-refractivity contribution in [1.82, 2.24) is 20.3 Å². The van der Waals surface area contributed by atoms with Crippen LogP contribution in [0.15, 0.2) is 46.1 Å². The third-order valence-corrected chi connectivity index (χ3v) is 5.38. The molecule has 2 heterocycles. The Bertz CT molecular complexity index is 763. The lowest BCUT2D eigenvalue weighted by atomic mass is 9.85. The minimum atomic E-state index is -0.0539. The first-order valence-corrected chi connectivity index (χ1v) is 10.3. The van der Waals surface area contributed by atoms with Gasteiger partial charge in [-0.15, -0.1) is 0 Å². The van der Waals surface area contributed by atoms with E-state index in [1.807, 2.05) is 18.2 Å². The van der Waals surface area contributed by atoms with Crippen LogP contribution in [0.25, 0.3) is 0 Å². The van der Waals surface area contributed by atoms with Crippen molar-refractivity contribution in [2.24, 2.45) is 4.99 Å². The van der Waals surface area contributed by atoms with Crippen LogP contribution in [0.3, 0.4) is 0 Å². The second-order valence-electron chi connectivity index (χ2n) is 8.04. The molecule has 0 spiro atoms. The number of piperazine rings is 1. The van der Waals surface area contributed by atoms with Crippen LogP contribution in [0.1, 0.15) is 32.0 Å². The Balaban J connectivity index is 1.60. The first-order valence-electron chi connectivity index (χ1n) is 10.3. The fraction of sp³-hybridized carbons (Fsp3) is 0.545. The minimum Gasteiger partial charge on any atom is -0.497 e. The van der Waals surface area contributed by atoms with Gasteiger partial charge < -0.3 is 19.5 Å². The standard InChI is InChI=1S/C22H33N5O2/c1-5-23-21(24-17-22(2,3)18-6-8-20(28-4)9-7-18)27-13-11-26(12-14-27)16-19-10-15-29-25-19/h6-10,15H,5,11-14,16-17H2,1-4H3,(H,23,24). The number of ether oxygens (including phenoxy) is 1. The van der Waals surface area contributed by atoms with Crippen LogP contribution in [0.5, 0.6) is 5.75 Å². The fourth-order valence-corrected chi connectivity index (χ4v) is 3.50. The summed E-state index contributed by atoms with van der Waals surface area (Å²) < 4.78 is 10.2. The summed E-state index contributed by atoms with van der Waals surface area (Å²) in [6.45, 7) is 12.9. The zero-order valence-electron chi connectivity index (χ0n) is 18.0. The first kappa shape index (κ1) is 21.2. The Morgan fingerprint density at radius 1 is 1.17 bits per heavy atom. The molecule has 0 radical (unpaired) electrons. The molecular weight excluding hydrogens is 366 g/mol. The summed E-state index contributed by atoms with van der Waals surface area (Å²) in [6.07, 6.45) is 1.63. The number of methoxy groups -OCH3 is 1. The summed E-state index contributed by atoms with van der Waals surface area (Å²) in [5.74, 6) is 1.88. The van der Waals surface area contributed by atoms with Crippen molar-refractivity contribution in [3.05, 3.63) is 47.9 Å². The van der Waals surface area contributed by atoms with E-state index in [1.54, 1.807) is 13.4 Å². The van der Waals surface area contributed by atoms with E-state index in [9.17, 15) is 0 Å². The van der Waals surface area contributed by atoms with E-state index in [4.69, 9.17) is 14.3 Å². The molecule has 0 atom stereocenters. The number of rotatable bonds is 7. The lowest BCUT2D eigenvalue weighted by Gasteiger charge is -2.36. The van der Waals surface area contributed by atoms with Gasteiger partial charge in [0.25, 0.3) is 0 Å². The molecule has 0 amide bonds. The van der Waals surface area contributed by atoms with E-state index < -0.39 is 0 Å². The van der Waals surface area contributed by atoms with Gasteiger partial charge in [-0.05, 0) is 24.6 Å². The maximum atomic E-state index is 5.28. The molecule has 7 nitrogen and oxygen atoms in total. The van der Waals surface area contributed by atoms with E-state index in [0.717, 1.165) is 63.2 Å². The zero-order chi connectivity index (χ0) is 20.7. The molecule has 29 heavy (non-hydrogen) atoms. The lowest BCUT2D eigenvalue weighted by molar-refractivity contribution is 0.169. The van der Waals surface area contributed by atoms with Crippen LogP contribution < -0.4 is 10.1 Å². The highest BCUT2D eigenvalue weighted by Crippen LogP contribution is 2.25. The van der Waals surface area contributed by atoms with E-state index in [2.05, 4.69) is 53.2 Å². The Hall–Kier alpha value is -2.54. The minimum absolute atomic E-state index is 0.0539. The van der Waals surface area contributed by atoms with E-state index in [-0.39, 0.29) is 5.41 Å². The molecule has 1 N–H and O–H groups in total. The van der Waals surface area contributed by atoms with Gasteiger partial charge in [-0.1, -0.05) is 31.1 Å². The normalized spacial score (nSPS) is 16.1. The molecular formula is C22H33N5O2. The monoisotopic (exact) mass is 399 g/mol. The van der Waals surface area contributed by atoms with Gasteiger partial charge in [0.05, 0.1) is 19.3 Å². The highest BCUT2D eigenvalue weighted by molar-refractivity contribution is 5.80. The van der Waals surface area contributed by atoms with Crippen LogP contribution in [0.4, 0.5) is 0 Å². The fourth-order valence-electron chi connectivity index (χ4n) is 3.50. The number of benzene rings is 1. The lowest BCUT2D eigenvalue weighted by Crippen LogP contribution is -2.52. The molecule has 0 aliphatic carbocycles. The van der Waals surface area contributed by atoms with E-state index >= 15 is 0 Å². The molecule has 1 aromatic carbocycles. The molecule has 3 rings (SSSR count). The summed E-state index contributed by atoms with van der Waals surface area (Å²) in [4.78, 5) is 9.74. The van der Waals surface area contributed by atoms with Gasteiger partial charge in [0.1, 0.15) is 12.0 Å². The number of hydrogen-bond donors (Lipinski definition) is 1. The molecule has 1 aromatic heterocycles. The van der Waals surface area contributed by atoms with Crippen molar-refractivity contribution in [3.8, 4) is 5.75 Å². The predicted octanol–water partition coefficient (Wildman–Crippen LogP) is 2.74. The van der Waals surface area contributed by atoms with E-state index in [1.165, 1.54) is 5.56 Å². The molecule has 1 aliphatic rings. The number of aliphatic imine (C=N–C) groups is 1. The number of aromatic nitrogens is 1. The molecule has 1 aliphatic heterocycles. The zero-order valence-corrected chi connectivity index (χ0v) is 18.0. The average molecular weight is 400 g/mol. The Kier molecular flexibility index (Phi) is 7.14. The summed E-state index contributed by atoms with van der Waals surface area (Å²) >= 11 is 0. The van der Waals surface area contributed by atoms with Gasteiger partial charge in [-0.25, -0.2) is 0 Å². The quantitative estimate of drug-likeness (QED) is 0.570. The van der Waals surface area contributed by atoms with Crippen molar-refractivity contribution in [2.75, 3.05) is 46.4 Å². The largest absolute Gasteiger partial charge is 0.497 e. The van der Waals surface area contributed by atoms with Crippen LogP contribution >= 0.6 is 0 Å². The highest BCUT2D eigenvalue weighted by Gasteiger charge is 2.23. The number of guanidine groups is 1. The topological polar surface area (TPSA) is 66.1 Å². The van der Waals surface area contributed by atoms with Gasteiger partial charge in [-0.2, -0.15) is 0 Å². The third-order valence-electron chi connectivity index (χ3n) is 5.38.